The highest BCUT2D eigenvalue weighted by Crippen LogP contribution is 1.98. The minimum atomic E-state index is 0.0601. The summed E-state index contributed by atoms with van der Waals surface area (Å²) in [6, 6.07) is 3.91. The summed E-state index contributed by atoms with van der Waals surface area (Å²) < 4.78 is 0. The summed E-state index contributed by atoms with van der Waals surface area (Å²) >= 11 is 0. The molecule has 0 bridgehead atoms. The zero-order valence-corrected chi connectivity index (χ0v) is 9.21. The fourth-order valence-electron chi connectivity index (χ4n) is 1.13. The van der Waals surface area contributed by atoms with Gasteiger partial charge in [-0.25, -0.2) is 0 Å². The number of aryl methyl sites for hydroxylation is 1. The van der Waals surface area contributed by atoms with Crippen molar-refractivity contribution in [1.82, 2.24) is 15.6 Å². The van der Waals surface area contributed by atoms with Crippen LogP contribution < -0.4 is 10.6 Å². The van der Waals surface area contributed by atoms with E-state index in [9.17, 15) is 4.79 Å². The maximum absolute atomic E-state index is 11.3. The van der Waals surface area contributed by atoms with Crippen LogP contribution in [0, 0.1) is 6.92 Å². The van der Waals surface area contributed by atoms with Gasteiger partial charge in [0.1, 0.15) is 0 Å². The molecule has 0 spiro atoms. The topological polar surface area (TPSA) is 54.0 Å². The predicted molar refractivity (Wildman–Crippen MR) is 59.4 cm³/mol. The maximum atomic E-state index is 11.3. The van der Waals surface area contributed by atoms with Crippen molar-refractivity contribution < 1.29 is 4.79 Å². The molecule has 15 heavy (non-hydrogen) atoms. The van der Waals surface area contributed by atoms with Crippen LogP contribution in [-0.2, 0) is 11.3 Å². The standard InChI is InChI=1S/C11H17N3O/c1-9-3-4-10(7-13-9)8-14-11(15)5-6-12-2/h3-4,7,12H,5-6,8H2,1-2H3,(H,14,15). The van der Waals surface area contributed by atoms with Crippen LogP contribution in [0.5, 0.6) is 0 Å². The SMILES string of the molecule is CNCCC(=O)NCc1ccc(C)nc1. The van der Waals surface area contributed by atoms with Gasteiger partial charge in [-0.15, -0.1) is 0 Å². The van der Waals surface area contributed by atoms with E-state index in [2.05, 4.69) is 15.6 Å². The number of amides is 1. The van der Waals surface area contributed by atoms with Crippen LogP contribution in [-0.4, -0.2) is 24.5 Å². The van der Waals surface area contributed by atoms with E-state index in [1.165, 1.54) is 0 Å². The molecule has 1 rings (SSSR count). The Bertz CT molecular complexity index is 308. The van der Waals surface area contributed by atoms with Gasteiger partial charge in [0.25, 0.3) is 0 Å². The van der Waals surface area contributed by atoms with E-state index in [0.717, 1.165) is 11.3 Å². The van der Waals surface area contributed by atoms with E-state index >= 15 is 0 Å². The van der Waals surface area contributed by atoms with Gasteiger partial charge in [-0.3, -0.25) is 9.78 Å². The number of carbonyl (C=O) groups excluding carboxylic acids is 1. The van der Waals surface area contributed by atoms with Crippen molar-refractivity contribution in [3.8, 4) is 0 Å². The fraction of sp³-hybridized carbons (Fsp3) is 0.455. The molecule has 1 aromatic rings. The van der Waals surface area contributed by atoms with Crippen LogP contribution in [0.2, 0.25) is 0 Å². The molecule has 0 aromatic carbocycles. The maximum Gasteiger partial charge on any atom is 0.221 e. The Morgan fingerprint density at radius 2 is 2.27 bits per heavy atom. The van der Waals surface area contributed by atoms with Crippen molar-refractivity contribution in [2.24, 2.45) is 0 Å². The lowest BCUT2D eigenvalue weighted by molar-refractivity contribution is -0.121. The summed E-state index contributed by atoms with van der Waals surface area (Å²) in [7, 11) is 1.83. The lowest BCUT2D eigenvalue weighted by Gasteiger charge is -2.04. The quantitative estimate of drug-likeness (QED) is 0.744. The lowest BCUT2D eigenvalue weighted by atomic mass is 10.2. The highest BCUT2D eigenvalue weighted by Gasteiger charge is 1.99. The van der Waals surface area contributed by atoms with Crippen molar-refractivity contribution in [3.05, 3.63) is 29.6 Å². The number of hydrogen-bond donors (Lipinski definition) is 2. The summed E-state index contributed by atoms with van der Waals surface area (Å²) in [4.78, 5) is 15.4. The zero-order chi connectivity index (χ0) is 11.1. The number of nitrogens with one attached hydrogen (secondary N) is 2. The molecule has 0 radical (unpaired) electrons. The molecule has 0 unspecified atom stereocenters. The van der Waals surface area contributed by atoms with Gasteiger partial charge < -0.3 is 10.6 Å². The van der Waals surface area contributed by atoms with Gasteiger partial charge in [-0.2, -0.15) is 0 Å². The molecule has 0 aliphatic carbocycles. The van der Waals surface area contributed by atoms with Gasteiger partial charge >= 0.3 is 0 Å². The van der Waals surface area contributed by atoms with Crippen molar-refractivity contribution in [2.45, 2.75) is 19.9 Å². The van der Waals surface area contributed by atoms with Crippen molar-refractivity contribution in [1.29, 1.82) is 0 Å². The zero-order valence-electron chi connectivity index (χ0n) is 9.21. The molecular weight excluding hydrogens is 190 g/mol. The van der Waals surface area contributed by atoms with Gasteiger partial charge in [0.2, 0.25) is 5.91 Å². The molecule has 2 N–H and O–H groups in total. The first-order chi connectivity index (χ1) is 7.22. The summed E-state index contributed by atoms with van der Waals surface area (Å²) in [6.45, 7) is 3.20. The second-order valence-corrected chi connectivity index (χ2v) is 3.44. The van der Waals surface area contributed by atoms with E-state index < -0.39 is 0 Å². The number of hydrogen-bond acceptors (Lipinski definition) is 3. The third-order valence-electron chi connectivity index (χ3n) is 2.06. The molecule has 0 fully saturated rings. The number of aromatic nitrogens is 1. The van der Waals surface area contributed by atoms with E-state index in [4.69, 9.17) is 0 Å². The van der Waals surface area contributed by atoms with E-state index in [0.29, 0.717) is 19.5 Å². The van der Waals surface area contributed by atoms with Crippen LogP contribution >= 0.6 is 0 Å². The van der Waals surface area contributed by atoms with Gasteiger partial charge in [0.05, 0.1) is 0 Å². The molecule has 0 atom stereocenters. The molecule has 4 nitrogen and oxygen atoms in total. The summed E-state index contributed by atoms with van der Waals surface area (Å²) in [5.74, 6) is 0.0601. The number of carbonyl (C=O) groups is 1. The van der Waals surface area contributed by atoms with E-state index in [1.54, 1.807) is 6.20 Å². The van der Waals surface area contributed by atoms with Gasteiger partial charge in [-0.05, 0) is 25.6 Å². The molecule has 0 aliphatic rings. The Labute approximate surface area is 90.1 Å². The van der Waals surface area contributed by atoms with Crippen molar-refractivity contribution >= 4 is 5.91 Å². The van der Waals surface area contributed by atoms with Crippen LogP contribution in [0.4, 0.5) is 0 Å². The minimum Gasteiger partial charge on any atom is -0.352 e. The van der Waals surface area contributed by atoms with Crippen molar-refractivity contribution in [3.63, 3.8) is 0 Å². The Morgan fingerprint density at radius 3 is 2.87 bits per heavy atom. The minimum absolute atomic E-state index is 0.0601. The molecule has 0 saturated carbocycles. The van der Waals surface area contributed by atoms with E-state index in [-0.39, 0.29) is 5.91 Å². The van der Waals surface area contributed by atoms with Gasteiger partial charge in [0.15, 0.2) is 0 Å². The highest BCUT2D eigenvalue weighted by atomic mass is 16.1. The Kier molecular flexibility index (Phi) is 4.77. The molecule has 0 saturated heterocycles. The second-order valence-electron chi connectivity index (χ2n) is 3.44. The van der Waals surface area contributed by atoms with Crippen molar-refractivity contribution in [2.75, 3.05) is 13.6 Å². The normalized spacial score (nSPS) is 10.0. The number of pyridine rings is 1. The second kappa shape index (κ2) is 6.14. The Balaban J connectivity index is 2.30. The predicted octanol–water partition coefficient (Wildman–Crippen LogP) is 0.616. The first-order valence-electron chi connectivity index (χ1n) is 5.05. The highest BCUT2D eigenvalue weighted by molar-refractivity contribution is 5.76. The van der Waals surface area contributed by atoms with E-state index in [1.807, 2.05) is 26.1 Å². The number of rotatable bonds is 5. The molecule has 82 valence electrons. The monoisotopic (exact) mass is 207 g/mol. The van der Waals surface area contributed by atoms with Crippen LogP contribution in [0.3, 0.4) is 0 Å². The molecule has 1 amide bonds. The summed E-state index contributed by atoms with van der Waals surface area (Å²) in [6.07, 6.45) is 2.30. The Morgan fingerprint density at radius 1 is 1.47 bits per heavy atom. The average Bonchev–Trinajstić information content (AvgIpc) is 2.25. The Hall–Kier alpha value is -1.42. The smallest absolute Gasteiger partial charge is 0.221 e. The average molecular weight is 207 g/mol. The summed E-state index contributed by atoms with van der Waals surface area (Å²) in [5.41, 5.74) is 2.01. The molecule has 1 heterocycles. The van der Waals surface area contributed by atoms with Crippen LogP contribution in [0.1, 0.15) is 17.7 Å². The molecule has 1 aromatic heterocycles. The molecule has 4 heteroatoms. The van der Waals surface area contributed by atoms with Gasteiger partial charge in [-0.1, -0.05) is 6.07 Å². The number of nitrogens with zero attached hydrogens (tertiary/aromatic N) is 1. The third kappa shape index (κ3) is 4.56. The third-order valence-corrected chi connectivity index (χ3v) is 2.06. The summed E-state index contributed by atoms with van der Waals surface area (Å²) in [5, 5.41) is 5.77. The first-order valence-corrected chi connectivity index (χ1v) is 5.05. The first kappa shape index (κ1) is 11.7. The lowest BCUT2D eigenvalue weighted by Crippen LogP contribution is -2.26. The molecule has 0 aliphatic heterocycles. The largest absolute Gasteiger partial charge is 0.352 e. The van der Waals surface area contributed by atoms with Crippen LogP contribution in [0.15, 0.2) is 18.3 Å². The van der Waals surface area contributed by atoms with Crippen LogP contribution in [0.25, 0.3) is 0 Å². The molecular formula is C11H17N3O. The van der Waals surface area contributed by atoms with Gasteiger partial charge in [0, 0.05) is 31.4 Å². The fourth-order valence-corrected chi connectivity index (χ4v) is 1.13.